The van der Waals surface area contributed by atoms with Crippen LogP contribution < -0.4 is 5.32 Å². The lowest BCUT2D eigenvalue weighted by Crippen LogP contribution is -2.12. The topological polar surface area (TPSA) is 63.8 Å². The smallest absolute Gasteiger partial charge is 0.192 e. The average molecular weight is 268 g/mol. The highest BCUT2D eigenvalue weighted by Crippen LogP contribution is 2.23. The summed E-state index contributed by atoms with van der Waals surface area (Å²) < 4.78 is 5.48. The number of aromatic nitrogens is 3. The Morgan fingerprint density at radius 2 is 2.10 bits per heavy atom. The molecule has 0 amide bonds. The number of fused-ring (bicyclic) bond motifs is 1. The molecule has 0 saturated carbocycles. The van der Waals surface area contributed by atoms with Crippen LogP contribution in [0, 0.1) is 6.92 Å². The molecule has 20 heavy (non-hydrogen) atoms. The standard InChI is InChI=1S/C15H16N4O/c1-10-18-13-9-11(3-4-14(13)20-10)12-5-8-17-15(19-12)6-7-16-2/h3-5,8-9,16H,6-7H2,1-2H3. The van der Waals surface area contributed by atoms with Crippen molar-refractivity contribution in [3.05, 3.63) is 42.2 Å². The van der Waals surface area contributed by atoms with E-state index in [1.807, 2.05) is 38.2 Å². The quantitative estimate of drug-likeness (QED) is 0.787. The fourth-order valence-electron chi connectivity index (χ4n) is 2.12. The van der Waals surface area contributed by atoms with Crippen LogP contribution in [0.3, 0.4) is 0 Å². The zero-order chi connectivity index (χ0) is 13.9. The minimum absolute atomic E-state index is 0.676. The number of rotatable bonds is 4. The lowest BCUT2D eigenvalue weighted by atomic mass is 10.1. The van der Waals surface area contributed by atoms with Crippen LogP contribution in [-0.2, 0) is 6.42 Å². The van der Waals surface area contributed by atoms with Crippen molar-refractivity contribution in [3.8, 4) is 11.3 Å². The molecular formula is C15H16N4O. The summed E-state index contributed by atoms with van der Waals surface area (Å²) in [5.41, 5.74) is 3.60. The van der Waals surface area contributed by atoms with Gasteiger partial charge in [-0.1, -0.05) is 0 Å². The Kier molecular flexibility index (Phi) is 3.43. The second-order valence-corrected chi connectivity index (χ2v) is 4.63. The summed E-state index contributed by atoms with van der Waals surface area (Å²) in [6.45, 7) is 2.71. The number of nitrogens with zero attached hydrogens (tertiary/aromatic N) is 3. The third-order valence-electron chi connectivity index (χ3n) is 3.09. The molecule has 2 aromatic heterocycles. The van der Waals surface area contributed by atoms with Gasteiger partial charge >= 0.3 is 0 Å². The van der Waals surface area contributed by atoms with E-state index in [2.05, 4.69) is 20.3 Å². The van der Waals surface area contributed by atoms with Crippen LogP contribution in [0.5, 0.6) is 0 Å². The average Bonchev–Trinajstić information content (AvgIpc) is 2.84. The highest BCUT2D eigenvalue weighted by atomic mass is 16.3. The maximum atomic E-state index is 5.48. The number of hydrogen-bond donors (Lipinski definition) is 1. The molecule has 0 aliphatic carbocycles. The maximum absolute atomic E-state index is 5.48. The molecule has 102 valence electrons. The van der Waals surface area contributed by atoms with Gasteiger partial charge in [-0.3, -0.25) is 0 Å². The fraction of sp³-hybridized carbons (Fsp3) is 0.267. The molecule has 3 rings (SSSR count). The maximum Gasteiger partial charge on any atom is 0.192 e. The summed E-state index contributed by atoms with van der Waals surface area (Å²) >= 11 is 0. The first-order valence-corrected chi connectivity index (χ1v) is 6.60. The van der Waals surface area contributed by atoms with E-state index in [0.29, 0.717) is 5.89 Å². The summed E-state index contributed by atoms with van der Waals surface area (Å²) in [5, 5.41) is 3.10. The van der Waals surface area contributed by atoms with Gasteiger partial charge in [0.05, 0.1) is 5.69 Å². The summed E-state index contributed by atoms with van der Waals surface area (Å²) in [4.78, 5) is 13.2. The minimum Gasteiger partial charge on any atom is -0.441 e. The van der Waals surface area contributed by atoms with E-state index < -0.39 is 0 Å². The second-order valence-electron chi connectivity index (χ2n) is 4.63. The molecule has 0 bridgehead atoms. The minimum atomic E-state index is 0.676. The molecule has 5 nitrogen and oxygen atoms in total. The summed E-state index contributed by atoms with van der Waals surface area (Å²) in [6.07, 6.45) is 2.61. The summed E-state index contributed by atoms with van der Waals surface area (Å²) in [7, 11) is 1.92. The number of likely N-dealkylation sites (N-methyl/N-ethyl adjacent to an activating group) is 1. The molecule has 0 aliphatic rings. The van der Waals surface area contributed by atoms with Crippen molar-refractivity contribution in [1.29, 1.82) is 0 Å². The first-order valence-electron chi connectivity index (χ1n) is 6.60. The molecule has 0 fully saturated rings. The van der Waals surface area contributed by atoms with Gasteiger partial charge in [-0.25, -0.2) is 15.0 Å². The van der Waals surface area contributed by atoms with Crippen molar-refractivity contribution in [2.24, 2.45) is 0 Å². The van der Waals surface area contributed by atoms with Crippen molar-refractivity contribution in [1.82, 2.24) is 20.3 Å². The largest absolute Gasteiger partial charge is 0.441 e. The Balaban J connectivity index is 1.97. The van der Waals surface area contributed by atoms with E-state index in [1.54, 1.807) is 6.20 Å². The zero-order valence-electron chi connectivity index (χ0n) is 11.6. The predicted molar refractivity (Wildman–Crippen MR) is 77.4 cm³/mol. The number of oxazole rings is 1. The van der Waals surface area contributed by atoms with Gasteiger partial charge in [-0.15, -0.1) is 0 Å². The SMILES string of the molecule is CNCCc1nccc(-c2ccc3oc(C)nc3c2)n1. The third-order valence-corrected chi connectivity index (χ3v) is 3.09. The molecule has 2 heterocycles. The van der Waals surface area contributed by atoms with E-state index in [1.165, 1.54) is 0 Å². The second kappa shape index (κ2) is 5.38. The molecule has 1 aromatic carbocycles. The Morgan fingerprint density at radius 1 is 1.20 bits per heavy atom. The van der Waals surface area contributed by atoms with Crippen LogP contribution in [0.4, 0.5) is 0 Å². The lowest BCUT2D eigenvalue weighted by Gasteiger charge is -2.03. The van der Waals surface area contributed by atoms with Crippen molar-refractivity contribution in [2.75, 3.05) is 13.6 Å². The van der Waals surface area contributed by atoms with Crippen molar-refractivity contribution in [3.63, 3.8) is 0 Å². The molecular weight excluding hydrogens is 252 g/mol. The molecule has 0 radical (unpaired) electrons. The van der Waals surface area contributed by atoms with Gasteiger partial charge in [0, 0.05) is 31.6 Å². The molecule has 0 unspecified atom stereocenters. The predicted octanol–water partition coefficient (Wildman–Crippen LogP) is 2.36. The van der Waals surface area contributed by atoms with E-state index in [-0.39, 0.29) is 0 Å². The lowest BCUT2D eigenvalue weighted by molar-refractivity contribution is 0.561. The molecule has 3 aromatic rings. The first kappa shape index (κ1) is 12.7. The molecule has 0 aliphatic heterocycles. The molecule has 0 atom stereocenters. The van der Waals surface area contributed by atoms with Gasteiger partial charge in [0.2, 0.25) is 0 Å². The van der Waals surface area contributed by atoms with Gasteiger partial charge in [0.1, 0.15) is 11.3 Å². The van der Waals surface area contributed by atoms with Crippen LogP contribution in [0.1, 0.15) is 11.7 Å². The van der Waals surface area contributed by atoms with Crippen molar-refractivity contribution >= 4 is 11.1 Å². The fourth-order valence-corrected chi connectivity index (χ4v) is 2.12. The van der Waals surface area contributed by atoms with Gasteiger partial charge < -0.3 is 9.73 Å². The van der Waals surface area contributed by atoms with Crippen LogP contribution in [0.25, 0.3) is 22.4 Å². The first-order chi connectivity index (χ1) is 9.76. The van der Waals surface area contributed by atoms with Crippen LogP contribution in [-0.4, -0.2) is 28.5 Å². The normalized spacial score (nSPS) is 11.1. The van der Waals surface area contributed by atoms with E-state index >= 15 is 0 Å². The van der Waals surface area contributed by atoms with Crippen LogP contribution in [0.15, 0.2) is 34.9 Å². The Morgan fingerprint density at radius 3 is 2.95 bits per heavy atom. The molecule has 5 heteroatoms. The molecule has 0 spiro atoms. The zero-order valence-corrected chi connectivity index (χ0v) is 11.6. The van der Waals surface area contributed by atoms with Crippen molar-refractivity contribution < 1.29 is 4.42 Å². The number of nitrogens with one attached hydrogen (secondary N) is 1. The summed E-state index contributed by atoms with van der Waals surface area (Å²) in [6, 6.07) is 7.84. The highest BCUT2D eigenvalue weighted by molar-refractivity contribution is 5.79. The van der Waals surface area contributed by atoms with Crippen LogP contribution in [0.2, 0.25) is 0 Å². The van der Waals surface area contributed by atoms with Gasteiger partial charge in [0.25, 0.3) is 0 Å². The van der Waals surface area contributed by atoms with E-state index in [0.717, 1.165) is 41.1 Å². The molecule has 0 saturated heterocycles. The Bertz CT molecular complexity index is 736. The van der Waals surface area contributed by atoms with Gasteiger partial charge in [0.15, 0.2) is 11.5 Å². The number of hydrogen-bond acceptors (Lipinski definition) is 5. The highest BCUT2D eigenvalue weighted by Gasteiger charge is 2.06. The molecule has 1 N–H and O–H groups in total. The summed E-state index contributed by atoms with van der Waals surface area (Å²) in [5.74, 6) is 1.52. The van der Waals surface area contributed by atoms with E-state index in [9.17, 15) is 0 Å². The Labute approximate surface area is 117 Å². The Hall–Kier alpha value is -2.27. The number of aryl methyl sites for hydroxylation is 1. The third kappa shape index (κ3) is 2.53. The number of benzene rings is 1. The van der Waals surface area contributed by atoms with Crippen molar-refractivity contribution in [2.45, 2.75) is 13.3 Å². The van der Waals surface area contributed by atoms with Gasteiger partial charge in [-0.2, -0.15) is 0 Å². The van der Waals surface area contributed by atoms with E-state index in [4.69, 9.17) is 4.42 Å². The van der Waals surface area contributed by atoms with Gasteiger partial charge in [-0.05, 0) is 31.3 Å². The van der Waals surface area contributed by atoms with Crippen LogP contribution >= 0.6 is 0 Å². The monoisotopic (exact) mass is 268 g/mol.